The molecule has 1 amide bonds. The summed E-state index contributed by atoms with van der Waals surface area (Å²) >= 11 is 0. The van der Waals surface area contributed by atoms with E-state index in [0.717, 1.165) is 6.07 Å². The summed E-state index contributed by atoms with van der Waals surface area (Å²) in [6, 6.07) is 8.84. The molecule has 1 fully saturated rings. The van der Waals surface area contributed by atoms with E-state index in [-0.39, 0.29) is 44.7 Å². The summed E-state index contributed by atoms with van der Waals surface area (Å²) in [6.45, 7) is 0. The van der Waals surface area contributed by atoms with Crippen molar-refractivity contribution in [2.24, 2.45) is 5.14 Å². The third-order valence-electron chi connectivity index (χ3n) is 6.60. The van der Waals surface area contributed by atoms with Crippen LogP contribution in [-0.2, 0) is 20.0 Å². The fraction of sp³-hybridized carbons (Fsp3) is 0.259. The Kier molecular flexibility index (Phi) is 7.95. The number of hydrogen-bond acceptors (Lipinski definition) is 11. The van der Waals surface area contributed by atoms with Gasteiger partial charge in [-0.2, -0.15) is 4.98 Å². The van der Waals surface area contributed by atoms with Crippen LogP contribution in [0, 0.1) is 0 Å². The van der Waals surface area contributed by atoms with E-state index < -0.39 is 26.0 Å². The van der Waals surface area contributed by atoms with Gasteiger partial charge < -0.3 is 19.7 Å². The molecule has 43 heavy (non-hydrogen) atoms. The third kappa shape index (κ3) is 6.36. The Morgan fingerprint density at radius 2 is 1.74 bits per heavy atom. The number of nitrogens with two attached hydrogens (primary N) is 1. The average molecular weight is 628 g/mol. The summed E-state index contributed by atoms with van der Waals surface area (Å²) in [5.41, 5.74) is 1.86. The zero-order valence-corrected chi connectivity index (χ0v) is 25.3. The van der Waals surface area contributed by atoms with Crippen molar-refractivity contribution < 1.29 is 31.1 Å². The fourth-order valence-corrected chi connectivity index (χ4v) is 6.33. The Labute approximate surface area is 248 Å². The van der Waals surface area contributed by atoms with Crippen LogP contribution < -0.4 is 24.7 Å². The molecule has 0 saturated heterocycles. The Morgan fingerprint density at radius 3 is 2.37 bits per heavy atom. The molecule has 4 aromatic rings. The number of hydrogen-bond donors (Lipinski definition) is 3. The normalized spacial score (nSPS) is 13.5. The van der Waals surface area contributed by atoms with Crippen molar-refractivity contribution in [3.05, 3.63) is 54.4 Å². The molecular formula is C27H29N7O7S2. The summed E-state index contributed by atoms with van der Waals surface area (Å²) in [6.07, 6.45) is 4.18. The second-order valence-corrected chi connectivity index (χ2v) is 13.3. The van der Waals surface area contributed by atoms with E-state index in [1.54, 1.807) is 18.2 Å². The number of methoxy groups -OCH3 is 2. The lowest BCUT2D eigenvalue weighted by molar-refractivity contribution is 0.0827. The van der Waals surface area contributed by atoms with E-state index in [1.807, 2.05) is 0 Å². The van der Waals surface area contributed by atoms with E-state index in [4.69, 9.17) is 14.6 Å². The SMILES string of the molecule is COc1ncc(-c2ccc3c(Nc4cc(C(=O)N(C)C)cc(S(N)(=O)=O)c4)c(S(=O)(=O)NC4CC4)cnc3c2)c(OC)n1. The van der Waals surface area contributed by atoms with Gasteiger partial charge in [0.05, 0.1) is 35.9 Å². The molecule has 16 heteroatoms. The summed E-state index contributed by atoms with van der Waals surface area (Å²) < 4.78 is 64.6. The molecule has 0 bridgehead atoms. The van der Waals surface area contributed by atoms with Gasteiger partial charge in [0.2, 0.25) is 25.9 Å². The van der Waals surface area contributed by atoms with Crippen LogP contribution in [0.25, 0.3) is 22.0 Å². The van der Waals surface area contributed by atoms with Crippen molar-refractivity contribution >= 4 is 48.2 Å². The van der Waals surface area contributed by atoms with E-state index in [1.165, 1.54) is 57.7 Å². The number of sulfonamides is 2. The molecule has 1 aliphatic carbocycles. The Morgan fingerprint density at radius 1 is 1.00 bits per heavy atom. The van der Waals surface area contributed by atoms with Gasteiger partial charge in [0.25, 0.3) is 5.91 Å². The lowest BCUT2D eigenvalue weighted by Crippen LogP contribution is -2.26. The molecule has 0 unspecified atom stereocenters. The summed E-state index contributed by atoms with van der Waals surface area (Å²) in [5.74, 6) is -0.216. The third-order valence-corrected chi connectivity index (χ3v) is 9.02. The van der Waals surface area contributed by atoms with Gasteiger partial charge in [0, 0.05) is 49.2 Å². The Hall–Kier alpha value is -4.38. The zero-order valence-electron chi connectivity index (χ0n) is 23.7. The molecule has 2 aromatic carbocycles. The van der Waals surface area contributed by atoms with Gasteiger partial charge in [0.15, 0.2) is 0 Å². The van der Waals surface area contributed by atoms with Crippen LogP contribution in [0.5, 0.6) is 11.9 Å². The maximum atomic E-state index is 13.4. The van der Waals surface area contributed by atoms with Crippen LogP contribution in [0.4, 0.5) is 11.4 Å². The maximum Gasteiger partial charge on any atom is 0.319 e. The van der Waals surface area contributed by atoms with Crippen LogP contribution in [0.1, 0.15) is 23.2 Å². The number of anilines is 2. The monoisotopic (exact) mass is 627 g/mol. The van der Waals surface area contributed by atoms with Gasteiger partial charge in [0.1, 0.15) is 4.90 Å². The molecule has 0 radical (unpaired) electrons. The second kappa shape index (κ2) is 11.4. The van der Waals surface area contributed by atoms with E-state index >= 15 is 0 Å². The number of aromatic nitrogens is 3. The molecule has 1 saturated carbocycles. The fourth-order valence-electron chi connectivity index (χ4n) is 4.32. The van der Waals surface area contributed by atoms with Gasteiger partial charge in [-0.1, -0.05) is 12.1 Å². The smallest absolute Gasteiger partial charge is 0.319 e. The number of benzene rings is 2. The highest BCUT2D eigenvalue weighted by Gasteiger charge is 2.31. The minimum Gasteiger partial charge on any atom is -0.480 e. The Bertz CT molecular complexity index is 1960. The first-order valence-corrected chi connectivity index (χ1v) is 15.9. The van der Waals surface area contributed by atoms with Crippen LogP contribution in [0.15, 0.2) is 58.6 Å². The number of ether oxygens (including phenoxy) is 2. The number of rotatable bonds is 10. The van der Waals surface area contributed by atoms with Gasteiger partial charge in [-0.05, 0) is 42.7 Å². The van der Waals surface area contributed by atoms with Gasteiger partial charge >= 0.3 is 6.01 Å². The first kappa shape index (κ1) is 30.1. The van der Waals surface area contributed by atoms with E-state index in [9.17, 15) is 21.6 Å². The predicted octanol–water partition coefficient (Wildman–Crippen LogP) is 2.24. The van der Waals surface area contributed by atoms with Crippen molar-refractivity contribution in [2.75, 3.05) is 33.6 Å². The molecule has 14 nitrogen and oxygen atoms in total. The number of primary sulfonamides is 1. The van der Waals surface area contributed by atoms with Gasteiger partial charge in [-0.3, -0.25) is 9.78 Å². The number of nitrogens with one attached hydrogen (secondary N) is 2. The molecule has 226 valence electrons. The van der Waals surface area contributed by atoms with E-state index in [0.29, 0.717) is 34.9 Å². The molecule has 1 aliphatic rings. The highest BCUT2D eigenvalue weighted by atomic mass is 32.2. The van der Waals surface area contributed by atoms with E-state index in [2.05, 4.69) is 25.0 Å². The zero-order chi connectivity index (χ0) is 31.1. The summed E-state index contributed by atoms with van der Waals surface area (Å²) in [4.78, 5) is 26.4. The number of amides is 1. The molecule has 4 N–H and O–H groups in total. The lowest BCUT2D eigenvalue weighted by Gasteiger charge is -2.18. The standard InChI is InChI=1S/C27H29N7O7S2/c1-34(2)26(35)16-9-18(12-19(10-16)42(28,36)37)31-24-20-8-5-15(21-13-30-27(41-4)32-25(21)40-3)11-22(20)29-14-23(24)43(38,39)33-17-6-7-17/h5,8-14,17,33H,6-7H2,1-4H3,(H,29,31)(H2,28,36,37). The van der Waals surface area contributed by atoms with Crippen molar-refractivity contribution in [1.82, 2.24) is 24.6 Å². The highest BCUT2D eigenvalue weighted by Crippen LogP contribution is 2.37. The predicted molar refractivity (Wildman–Crippen MR) is 158 cm³/mol. The first-order chi connectivity index (χ1) is 20.3. The van der Waals surface area contributed by atoms with Crippen LogP contribution in [0.3, 0.4) is 0 Å². The molecule has 2 aromatic heterocycles. The molecule has 0 atom stereocenters. The summed E-state index contributed by atoms with van der Waals surface area (Å²) in [7, 11) is -2.34. The molecule has 5 rings (SSSR count). The maximum absolute atomic E-state index is 13.4. The molecule has 2 heterocycles. The van der Waals surface area contributed by atoms with Crippen molar-refractivity contribution in [3.63, 3.8) is 0 Å². The van der Waals surface area contributed by atoms with Crippen LogP contribution in [0.2, 0.25) is 0 Å². The number of carbonyl (C=O) groups is 1. The first-order valence-electron chi connectivity index (χ1n) is 12.9. The molecular weight excluding hydrogens is 598 g/mol. The van der Waals surface area contributed by atoms with Crippen molar-refractivity contribution in [3.8, 4) is 23.0 Å². The van der Waals surface area contributed by atoms with Gasteiger partial charge in [-0.15, -0.1) is 0 Å². The van der Waals surface area contributed by atoms with Crippen molar-refractivity contribution in [1.29, 1.82) is 0 Å². The average Bonchev–Trinajstić information content (AvgIpc) is 3.78. The van der Waals surface area contributed by atoms with Crippen LogP contribution >= 0.6 is 0 Å². The number of carbonyl (C=O) groups excluding carboxylic acids is 1. The molecule has 0 aliphatic heterocycles. The highest BCUT2D eigenvalue weighted by molar-refractivity contribution is 7.89. The second-order valence-electron chi connectivity index (χ2n) is 10.0. The van der Waals surface area contributed by atoms with Crippen molar-refractivity contribution in [2.45, 2.75) is 28.7 Å². The topological polar surface area (TPSA) is 196 Å². The number of fused-ring (bicyclic) bond motifs is 1. The minimum absolute atomic E-state index is 0.0341. The number of nitrogens with zero attached hydrogens (tertiary/aromatic N) is 4. The van der Waals surface area contributed by atoms with Gasteiger partial charge in [-0.25, -0.2) is 31.7 Å². The largest absolute Gasteiger partial charge is 0.480 e. The summed E-state index contributed by atoms with van der Waals surface area (Å²) in [5, 5.41) is 8.85. The molecule has 0 spiro atoms. The lowest BCUT2D eigenvalue weighted by atomic mass is 10.0. The Balaban J connectivity index is 1.70. The quantitative estimate of drug-likeness (QED) is 0.233. The minimum atomic E-state index is -4.22. The number of pyridine rings is 1. The van der Waals surface area contributed by atoms with Crippen LogP contribution in [-0.4, -0.2) is 77.0 Å².